The van der Waals surface area contributed by atoms with Crippen molar-refractivity contribution < 1.29 is 33.4 Å². The lowest BCUT2D eigenvalue weighted by molar-refractivity contribution is -0.302. The van der Waals surface area contributed by atoms with Crippen molar-refractivity contribution >= 4 is 11.8 Å². The number of carbonyl (C=O) groups excluding carboxylic acids is 2. The largest absolute Gasteiger partial charge is 0.450 e. The predicted molar refractivity (Wildman–Crippen MR) is 148 cm³/mol. The number of hydrogen-bond donors (Lipinski definition) is 1. The highest BCUT2D eigenvalue weighted by molar-refractivity contribution is 5.96. The maximum Gasteiger partial charge on any atom is 0.361 e. The van der Waals surface area contributed by atoms with Crippen LogP contribution in [-0.2, 0) is 19.0 Å². The number of rotatable bonds is 3. The van der Waals surface area contributed by atoms with Gasteiger partial charge < -0.3 is 23.8 Å². The lowest BCUT2D eigenvalue weighted by atomic mass is 9.59. The van der Waals surface area contributed by atoms with Gasteiger partial charge in [-0.15, -0.1) is 0 Å². The van der Waals surface area contributed by atoms with E-state index in [0.717, 1.165) is 17.6 Å². The second kappa shape index (κ2) is 8.49. The van der Waals surface area contributed by atoms with Gasteiger partial charge in [0.15, 0.2) is 34.7 Å². The molecule has 5 aliphatic rings. The summed E-state index contributed by atoms with van der Waals surface area (Å²) in [4.78, 5) is 28.4. The minimum Gasteiger partial charge on any atom is -0.450 e. The van der Waals surface area contributed by atoms with Gasteiger partial charge in [0.1, 0.15) is 6.10 Å². The average molecular weight is 560 g/mol. The summed E-state index contributed by atoms with van der Waals surface area (Å²) in [6.45, 7) is 12.1. The number of allylic oxidation sites excluding steroid dienone is 1. The number of benzene rings is 1. The Morgan fingerprint density at radius 1 is 1.15 bits per heavy atom. The fraction of sp³-hybridized carbons (Fsp3) is 0.545. The molecule has 2 bridgehead atoms. The molecule has 8 nitrogen and oxygen atoms in total. The van der Waals surface area contributed by atoms with Gasteiger partial charge in [0, 0.05) is 17.5 Å². The van der Waals surface area contributed by atoms with Crippen molar-refractivity contribution in [1.29, 1.82) is 0 Å². The van der Waals surface area contributed by atoms with E-state index in [1.54, 1.807) is 13.8 Å². The first kappa shape index (κ1) is 26.8. The summed E-state index contributed by atoms with van der Waals surface area (Å²) in [6, 6.07) is 10.9. The van der Waals surface area contributed by atoms with Crippen molar-refractivity contribution in [3.63, 3.8) is 0 Å². The molecule has 1 spiro atoms. The molecule has 1 aliphatic heterocycles. The number of nitrogens with zero attached hydrogens (tertiary/aromatic N) is 1. The predicted octanol–water partition coefficient (Wildman–Crippen LogP) is 5.13. The molecule has 1 N–H and O–H groups in total. The molecule has 2 saturated carbocycles. The standard InChI is InChI=1S/C33H37NO7/c1-17-15-32-18(2)12-22-25(30(22,3)4)21(26(32)35)13-20-16-38-31(5,6)40-28(20)33(32,37)27(17)39-29(36)23-14-24(41-34-23)19-10-8-7-9-11-19/h7-11,13-15,18,21-22,25,27-28,37H,12,16H2,1-6H3/t18-,21+,22-,25+,27+,28-,32+,33-/m1/s1. The molecule has 7 rings (SSSR count). The van der Waals surface area contributed by atoms with Crippen LogP contribution in [0.3, 0.4) is 0 Å². The highest BCUT2D eigenvalue weighted by Gasteiger charge is 2.77. The second-order valence-corrected chi connectivity index (χ2v) is 13.7. The van der Waals surface area contributed by atoms with E-state index >= 15 is 0 Å². The Kier molecular flexibility index (Phi) is 5.55. The fourth-order valence-electron chi connectivity index (χ4n) is 8.58. The maximum absolute atomic E-state index is 14.8. The number of carbonyl (C=O) groups is 2. The van der Waals surface area contributed by atoms with Crippen LogP contribution in [0.2, 0.25) is 0 Å². The van der Waals surface area contributed by atoms with Crippen LogP contribution in [-0.4, -0.2) is 52.2 Å². The zero-order valence-corrected chi connectivity index (χ0v) is 24.3. The zero-order valence-electron chi connectivity index (χ0n) is 24.3. The van der Waals surface area contributed by atoms with Crippen LogP contribution in [0.25, 0.3) is 11.3 Å². The van der Waals surface area contributed by atoms with Gasteiger partial charge in [0.2, 0.25) is 0 Å². The van der Waals surface area contributed by atoms with E-state index in [4.69, 9.17) is 18.7 Å². The molecule has 3 fully saturated rings. The highest BCUT2D eigenvalue weighted by Crippen LogP contribution is 2.72. The Morgan fingerprint density at radius 3 is 2.61 bits per heavy atom. The van der Waals surface area contributed by atoms with Gasteiger partial charge in [0.25, 0.3) is 0 Å². The first-order valence-electron chi connectivity index (χ1n) is 14.5. The molecular weight excluding hydrogens is 522 g/mol. The van der Waals surface area contributed by atoms with E-state index in [-0.39, 0.29) is 41.3 Å². The van der Waals surface area contributed by atoms with Crippen LogP contribution in [0.4, 0.5) is 0 Å². The third-order valence-electron chi connectivity index (χ3n) is 10.7. The molecule has 1 saturated heterocycles. The van der Waals surface area contributed by atoms with E-state index in [1.807, 2.05) is 56.3 Å². The van der Waals surface area contributed by atoms with Crippen molar-refractivity contribution in [1.82, 2.24) is 5.16 Å². The van der Waals surface area contributed by atoms with Gasteiger partial charge in [0.05, 0.1) is 12.0 Å². The van der Waals surface area contributed by atoms with Gasteiger partial charge in [-0.3, -0.25) is 4.79 Å². The van der Waals surface area contributed by atoms with Crippen LogP contribution in [0, 0.1) is 34.5 Å². The molecule has 0 unspecified atom stereocenters. The van der Waals surface area contributed by atoms with Gasteiger partial charge in [-0.1, -0.05) is 68.4 Å². The Hall–Kier alpha value is -3.07. The molecule has 4 aliphatic carbocycles. The summed E-state index contributed by atoms with van der Waals surface area (Å²) in [5, 5.41) is 17.1. The van der Waals surface area contributed by atoms with E-state index in [1.165, 1.54) is 6.07 Å². The molecule has 1 aromatic heterocycles. The molecule has 0 amide bonds. The van der Waals surface area contributed by atoms with Crippen LogP contribution >= 0.6 is 0 Å². The van der Waals surface area contributed by atoms with Crippen LogP contribution < -0.4 is 0 Å². The second-order valence-electron chi connectivity index (χ2n) is 13.7. The van der Waals surface area contributed by atoms with Crippen molar-refractivity contribution in [3.05, 3.63) is 65.4 Å². The van der Waals surface area contributed by atoms with Gasteiger partial charge in [-0.05, 0) is 61.5 Å². The number of esters is 1. The molecule has 8 heteroatoms. The molecular formula is C33H37NO7. The number of ether oxygens (including phenoxy) is 3. The first-order valence-corrected chi connectivity index (χ1v) is 14.5. The third-order valence-corrected chi connectivity index (χ3v) is 10.7. The maximum atomic E-state index is 14.8. The smallest absolute Gasteiger partial charge is 0.361 e. The van der Waals surface area contributed by atoms with E-state index < -0.39 is 35.0 Å². The van der Waals surface area contributed by atoms with E-state index in [9.17, 15) is 14.7 Å². The molecule has 0 radical (unpaired) electrons. The number of aromatic nitrogens is 1. The first-order chi connectivity index (χ1) is 19.3. The number of Topliss-reactive ketones (excluding diaryl/α,β-unsaturated/α-hetero) is 1. The Morgan fingerprint density at radius 2 is 1.88 bits per heavy atom. The average Bonchev–Trinajstić information content (AvgIpc) is 3.22. The number of ketones is 1. The highest BCUT2D eigenvalue weighted by atomic mass is 16.7. The van der Waals surface area contributed by atoms with E-state index in [0.29, 0.717) is 17.3 Å². The minimum absolute atomic E-state index is 0.0140. The SMILES string of the molecule is CC1=C[C@]23C(=O)[C@@H](C=C4COC(C)(C)O[C@H]4[C@]2(O)[C@H]1OC(=O)c1cc(-c2ccccc2)on1)[C@H]1[C@@H](C[C@H]3C)C1(C)C. The number of fused-ring (bicyclic) bond motifs is 5. The van der Waals surface area contributed by atoms with Crippen LogP contribution in [0.15, 0.2) is 64.2 Å². The number of aliphatic hydroxyl groups is 1. The van der Waals surface area contributed by atoms with Crippen molar-refractivity contribution in [3.8, 4) is 11.3 Å². The third kappa shape index (κ3) is 3.53. The van der Waals surface area contributed by atoms with Crippen molar-refractivity contribution in [2.75, 3.05) is 6.61 Å². The quantitative estimate of drug-likeness (QED) is 0.407. The molecule has 2 aromatic rings. The summed E-state index contributed by atoms with van der Waals surface area (Å²) < 4.78 is 24.1. The summed E-state index contributed by atoms with van der Waals surface area (Å²) in [7, 11) is 0. The molecule has 216 valence electrons. The molecule has 41 heavy (non-hydrogen) atoms. The Bertz CT molecular complexity index is 1500. The zero-order chi connectivity index (χ0) is 29.1. The van der Waals surface area contributed by atoms with Crippen molar-refractivity contribution in [2.24, 2.45) is 34.5 Å². The molecule has 2 heterocycles. The minimum atomic E-state index is -1.88. The topological polar surface area (TPSA) is 108 Å². The monoisotopic (exact) mass is 559 g/mol. The Balaban J connectivity index is 1.32. The van der Waals surface area contributed by atoms with Gasteiger partial charge >= 0.3 is 5.97 Å². The lowest BCUT2D eigenvalue weighted by Crippen LogP contribution is -2.68. The summed E-state index contributed by atoms with van der Waals surface area (Å²) in [5.41, 5.74) is -1.05. The molecule has 1 aromatic carbocycles. The van der Waals surface area contributed by atoms with Gasteiger partial charge in [-0.25, -0.2) is 4.79 Å². The summed E-state index contributed by atoms with van der Waals surface area (Å²) in [6.07, 6.45) is 2.61. The van der Waals surface area contributed by atoms with Crippen LogP contribution in [0.5, 0.6) is 0 Å². The number of hydrogen-bond acceptors (Lipinski definition) is 8. The fourth-order valence-corrected chi connectivity index (χ4v) is 8.58. The molecule has 8 atom stereocenters. The van der Waals surface area contributed by atoms with Crippen LogP contribution in [0.1, 0.15) is 58.5 Å². The lowest BCUT2D eigenvalue weighted by Gasteiger charge is -2.52. The normalized spacial score (nSPS) is 39.7. The van der Waals surface area contributed by atoms with E-state index in [2.05, 4.69) is 19.0 Å². The van der Waals surface area contributed by atoms with Gasteiger partial charge in [-0.2, -0.15) is 0 Å². The summed E-state index contributed by atoms with van der Waals surface area (Å²) >= 11 is 0. The summed E-state index contributed by atoms with van der Waals surface area (Å²) in [5.74, 6) is -1.43. The Labute approximate surface area is 239 Å². The van der Waals surface area contributed by atoms with Crippen molar-refractivity contribution in [2.45, 2.75) is 71.6 Å².